The van der Waals surface area contributed by atoms with Gasteiger partial charge in [-0.2, -0.15) is 0 Å². The van der Waals surface area contributed by atoms with Gasteiger partial charge in [-0.15, -0.1) is 0 Å². The highest BCUT2D eigenvalue weighted by Gasteiger charge is 2.48. The molecule has 1 aliphatic carbocycles. The minimum atomic E-state index is -0.323. The fourth-order valence-corrected chi connectivity index (χ4v) is 10.1. The van der Waals surface area contributed by atoms with Crippen molar-refractivity contribution in [3.63, 3.8) is 0 Å². The largest absolute Gasteiger partial charge is 0.342 e. The number of hydrogen-bond donors (Lipinski definition) is 0. The summed E-state index contributed by atoms with van der Waals surface area (Å²) in [5.41, 5.74) is 4.92. The minimum Gasteiger partial charge on any atom is -0.342 e. The second kappa shape index (κ2) is 11.7. The Morgan fingerprint density at radius 1 is 0.756 bits per heavy atom. The van der Waals surface area contributed by atoms with Gasteiger partial charge in [0.2, 0.25) is 5.91 Å². The fourth-order valence-electron chi connectivity index (χ4n) is 10.1. The number of benzene rings is 3. The van der Waals surface area contributed by atoms with Crippen LogP contribution in [0.5, 0.6) is 0 Å². The summed E-state index contributed by atoms with van der Waals surface area (Å²) in [4.78, 5) is 24.3. The SMILES string of the molecule is Cc1nc2ccccc2n1[C@H]1C[C@H]2CC[C@@H](C1)N2CCC1(c2ccccc2)CCN(C(=O)C2(c3ccccc3)CCCC2)CC1. The Labute approximate surface area is 268 Å². The summed E-state index contributed by atoms with van der Waals surface area (Å²) in [6.07, 6.45) is 12.6. The minimum absolute atomic E-state index is 0.126. The molecule has 0 spiro atoms. The molecule has 0 N–H and O–H groups in total. The summed E-state index contributed by atoms with van der Waals surface area (Å²) in [6.45, 7) is 5.07. The lowest BCUT2D eigenvalue weighted by Gasteiger charge is -2.47. The number of amides is 1. The molecule has 3 saturated heterocycles. The molecule has 4 aliphatic rings. The van der Waals surface area contributed by atoms with Crippen molar-refractivity contribution >= 4 is 16.9 Å². The van der Waals surface area contributed by atoms with Gasteiger partial charge in [-0.25, -0.2) is 4.98 Å². The number of nitrogens with zero attached hydrogens (tertiary/aromatic N) is 4. The highest BCUT2D eigenvalue weighted by molar-refractivity contribution is 5.88. The highest BCUT2D eigenvalue weighted by atomic mass is 16.2. The number of rotatable bonds is 7. The molecule has 8 rings (SSSR count). The first-order valence-electron chi connectivity index (χ1n) is 17.7. The summed E-state index contributed by atoms with van der Waals surface area (Å²) in [5, 5.41) is 0. The van der Waals surface area contributed by atoms with E-state index in [0.717, 1.165) is 69.5 Å². The van der Waals surface area contributed by atoms with Crippen LogP contribution in [0.2, 0.25) is 0 Å². The van der Waals surface area contributed by atoms with Crippen molar-refractivity contribution in [2.24, 2.45) is 0 Å². The Hall–Kier alpha value is -3.44. The predicted octanol–water partition coefficient (Wildman–Crippen LogP) is 7.98. The molecule has 5 nitrogen and oxygen atoms in total. The van der Waals surface area contributed by atoms with E-state index in [4.69, 9.17) is 4.98 Å². The maximum Gasteiger partial charge on any atom is 0.233 e. The monoisotopic (exact) mass is 600 g/mol. The summed E-state index contributed by atoms with van der Waals surface area (Å²) < 4.78 is 2.54. The maximum absolute atomic E-state index is 14.3. The number of likely N-dealkylation sites (tertiary alicyclic amines) is 1. The Bertz CT molecular complexity index is 1620. The van der Waals surface area contributed by atoms with Gasteiger partial charge < -0.3 is 9.47 Å². The van der Waals surface area contributed by atoms with E-state index >= 15 is 0 Å². The van der Waals surface area contributed by atoms with E-state index in [1.165, 1.54) is 48.7 Å². The first-order chi connectivity index (χ1) is 22.1. The number of imidazole rings is 1. The lowest BCUT2D eigenvalue weighted by Crippen LogP contribution is -2.52. The van der Waals surface area contributed by atoms with Gasteiger partial charge in [0.05, 0.1) is 16.4 Å². The number of hydrogen-bond acceptors (Lipinski definition) is 3. The molecule has 1 aromatic heterocycles. The molecule has 0 radical (unpaired) electrons. The lowest BCUT2D eigenvalue weighted by molar-refractivity contribution is -0.139. The van der Waals surface area contributed by atoms with Crippen molar-refractivity contribution in [3.8, 4) is 0 Å². The van der Waals surface area contributed by atoms with Crippen molar-refractivity contribution in [1.29, 1.82) is 0 Å². The third-order valence-corrected chi connectivity index (χ3v) is 12.4. The van der Waals surface area contributed by atoms with Gasteiger partial charge in [-0.1, -0.05) is 85.6 Å². The quantitative estimate of drug-likeness (QED) is 0.216. The van der Waals surface area contributed by atoms with Crippen LogP contribution in [0.25, 0.3) is 11.0 Å². The zero-order valence-corrected chi connectivity index (χ0v) is 26.9. The lowest BCUT2D eigenvalue weighted by atomic mass is 9.69. The van der Waals surface area contributed by atoms with Gasteiger partial charge in [0.15, 0.2) is 0 Å². The molecule has 4 aromatic rings. The van der Waals surface area contributed by atoms with Crippen LogP contribution in [0.15, 0.2) is 84.9 Å². The second-order valence-electron chi connectivity index (χ2n) is 14.6. The standard InChI is InChI=1S/C40H48N4O/c1-30-41-36-16-8-9-17-37(36)44(30)35-28-33-18-19-34(29-35)43(33)27-24-39(31-12-4-2-5-13-31)22-25-42(26-23-39)38(45)40(20-10-11-21-40)32-14-6-3-7-15-32/h2-9,12-17,33-35H,10-11,18-29H2,1H3/t33-,34+,35+. The molecule has 4 heterocycles. The highest BCUT2D eigenvalue weighted by Crippen LogP contribution is 2.47. The number of aromatic nitrogens is 2. The maximum atomic E-state index is 14.3. The van der Waals surface area contributed by atoms with E-state index in [-0.39, 0.29) is 10.8 Å². The summed E-state index contributed by atoms with van der Waals surface area (Å²) >= 11 is 0. The van der Waals surface area contributed by atoms with Crippen LogP contribution >= 0.6 is 0 Å². The number of para-hydroxylation sites is 2. The smallest absolute Gasteiger partial charge is 0.233 e. The van der Waals surface area contributed by atoms with E-state index in [1.54, 1.807) is 0 Å². The fraction of sp³-hybridized carbons (Fsp3) is 0.500. The number of fused-ring (bicyclic) bond motifs is 3. The number of carbonyl (C=O) groups is 1. The van der Waals surface area contributed by atoms with Gasteiger partial charge in [0.25, 0.3) is 0 Å². The van der Waals surface area contributed by atoms with Crippen LogP contribution < -0.4 is 0 Å². The Balaban J connectivity index is 0.986. The molecule has 3 aliphatic heterocycles. The molecular formula is C40H48N4O. The number of piperidine rings is 2. The van der Waals surface area contributed by atoms with Crippen LogP contribution in [0.4, 0.5) is 0 Å². The van der Waals surface area contributed by atoms with Crippen LogP contribution in [0.1, 0.15) is 93.6 Å². The molecule has 1 saturated carbocycles. The summed E-state index contributed by atoms with van der Waals surface area (Å²) in [7, 11) is 0. The average molecular weight is 601 g/mol. The third-order valence-electron chi connectivity index (χ3n) is 12.4. The van der Waals surface area contributed by atoms with Crippen molar-refractivity contribution in [2.75, 3.05) is 19.6 Å². The van der Waals surface area contributed by atoms with Crippen molar-refractivity contribution in [3.05, 3.63) is 102 Å². The molecule has 1 amide bonds. The van der Waals surface area contributed by atoms with E-state index in [2.05, 4.69) is 106 Å². The Morgan fingerprint density at radius 3 is 2.02 bits per heavy atom. The van der Waals surface area contributed by atoms with Crippen LogP contribution in [0, 0.1) is 6.92 Å². The molecule has 2 bridgehead atoms. The Kier molecular flexibility index (Phi) is 7.56. The second-order valence-corrected chi connectivity index (χ2v) is 14.6. The first-order valence-corrected chi connectivity index (χ1v) is 17.7. The molecule has 3 atom stereocenters. The molecule has 5 heteroatoms. The summed E-state index contributed by atoms with van der Waals surface area (Å²) in [6, 6.07) is 32.4. The Morgan fingerprint density at radius 2 is 1.36 bits per heavy atom. The predicted molar refractivity (Wildman–Crippen MR) is 181 cm³/mol. The molecule has 4 fully saturated rings. The van der Waals surface area contributed by atoms with Crippen molar-refractivity contribution in [2.45, 2.75) is 107 Å². The molecule has 45 heavy (non-hydrogen) atoms. The van der Waals surface area contributed by atoms with Gasteiger partial charge in [0, 0.05) is 31.2 Å². The van der Waals surface area contributed by atoms with E-state index < -0.39 is 0 Å². The van der Waals surface area contributed by atoms with Crippen LogP contribution in [-0.2, 0) is 15.6 Å². The van der Waals surface area contributed by atoms with Gasteiger partial charge in [0.1, 0.15) is 5.82 Å². The molecule has 3 aromatic carbocycles. The summed E-state index contributed by atoms with van der Waals surface area (Å²) in [5.74, 6) is 1.54. The van der Waals surface area contributed by atoms with E-state index in [9.17, 15) is 4.79 Å². The number of aryl methyl sites for hydroxylation is 1. The first kappa shape index (κ1) is 29.0. The van der Waals surface area contributed by atoms with Crippen molar-refractivity contribution < 1.29 is 4.79 Å². The average Bonchev–Trinajstić information content (AvgIpc) is 3.78. The normalized spacial score (nSPS) is 26.0. The van der Waals surface area contributed by atoms with E-state index in [1.807, 2.05) is 0 Å². The molecular weight excluding hydrogens is 552 g/mol. The van der Waals surface area contributed by atoms with Gasteiger partial charge in [-0.3, -0.25) is 9.69 Å². The van der Waals surface area contributed by atoms with Crippen LogP contribution in [0.3, 0.4) is 0 Å². The van der Waals surface area contributed by atoms with Crippen LogP contribution in [-0.4, -0.2) is 57.0 Å². The zero-order chi connectivity index (χ0) is 30.4. The van der Waals surface area contributed by atoms with Gasteiger partial charge in [-0.05, 0) is 99.9 Å². The third kappa shape index (κ3) is 5.02. The molecule has 0 unspecified atom stereocenters. The van der Waals surface area contributed by atoms with Gasteiger partial charge >= 0.3 is 0 Å². The number of carbonyl (C=O) groups excluding carboxylic acids is 1. The van der Waals surface area contributed by atoms with E-state index in [0.29, 0.717) is 24.0 Å². The zero-order valence-electron chi connectivity index (χ0n) is 26.9. The topological polar surface area (TPSA) is 41.4 Å². The molecule has 234 valence electrons. The van der Waals surface area contributed by atoms with Crippen molar-refractivity contribution in [1.82, 2.24) is 19.4 Å².